The monoisotopic (exact) mass is 425 g/mol. The second kappa shape index (κ2) is 9.92. The lowest BCUT2D eigenvalue weighted by Gasteiger charge is -2.33. The average Bonchev–Trinajstić information content (AvgIpc) is 2.72. The fourth-order valence-corrected chi connectivity index (χ4v) is 3.58. The first-order chi connectivity index (χ1) is 14.3. The molecule has 2 aromatic carbocycles. The molecule has 2 amide bonds. The van der Waals surface area contributed by atoms with Crippen LogP contribution in [0.5, 0.6) is 0 Å². The Bertz CT molecular complexity index is 963. The van der Waals surface area contributed by atoms with Crippen molar-refractivity contribution >= 4 is 35.2 Å². The SMILES string of the molecule is Cc1ccc(/C=C/C(=O)N2CCN(CC(=O)Nc3cccc(C)c3C)CC2)cc1Cl. The number of carbonyl (C=O) groups excluding carboxylic acids is 2. The van der Waals surface area contributed by atoms with Crippen LogP contribution in [0.3, 0.4) is 0 Å². The van der Waals surface area contributed by atoms with Crippen molar-refractivity contribution in [3.63, 3.8) is 0 Å². The van der Waals surface area contributed by atoms with Crippen molar-refractivity contribution in [3.05, 3.63) is 69.8 Å². The number of amides is 2. The summed E-state index contributed by atoms with van der Waals surface area (Å²) >= 11 is 6.14. The molecular formula is C24H28ClN3O2. The third-order valence-electron chi connectivity index (χ3n) is 5.54. The summed E-state index contributed by atoms with van der Waals surface area (Å²) in [4.78, 5) is 28.8. The van der Waals surface area contributed by atoms with Crippen molar-refractivity contribution in [2.24, 2.45) is 0 Å². The maximum Gasteiger partial charge on any atom is 0.246 e. The van der Waals surface area contributed by atoms with Gasteiger partial charge in [-0.2, -0.15) is 0 Å². The number of hydrogen-bond donors (Lipinski definition) is 1. The smallest absolute Gasteiger partial charge is 0.246 e. The van der Waals surface area contributed by atoms with Crippen LogP contribution in [0.25, 0.3) is 6.08 Å². The number of anilines is 1. The first-order valence-corrected chi connectivity index (χ1v) is 10.5. The number of nitrogens with zero attached hydrogens (tertiary/aromatic N) is 2. The van der Waals surface area contributed by atoms with Gasteiger partial charge < -0.3 is 10.2 Å². The van der Waals surface area contributed by atoms with E-state index >= 15 is 0 Å². The fourth-order valence-electron chi connectivity index (χ4n) is 3.39. The minimum Gasteiger partial charge on any atom is -0.337 e. The van der Waals surface area contributed by atoms with Crippen LogP contribution in [0.2, 0.25) is 5.02 Å². The first-order valence-electron chi connectivity index (χ1n) is 10.1. The highest BCUT2D eigenvalue weighted by atomic mass is 35.5. The van der Waals surface area contributed by atoms with Crippen LogP contribution >= 0.6 is 11.6 Å². The molecule has 0 atom stereocenters. The summed E-state index contributed by atoms with van der Waals surface area (Å²) in [5, 5.41) is 3.69. The molecular weight excluding hydrogens is 398 g/mol. The number of halogens is 1. The van der Waals surface area contributed by atoms with Gasteiger partial charge in [0, 0.05) is 43.0 Å². The molecule has 1 aliphatic heterocycles. The van der Waals surface area contributed by atoms with Crippen molar-refractivity contribution < 1.29 is 9.59 Å². The van der Waals surface area contributed by atoms with E-state index in [4.69, 9.17) is 11.6 Å². The minimum absolute atomic E-state index is 0.0221. The molecule has 0 aliphatic carbocycles. The molecule has 1 heterocycles. The lowest BCUT2D eigenvalue weighted by atomic mass is 10.1. The van der Waals surface area contributed by atoms with Crippen LogP contribution in [0.1, 0.15) is 22.3 Å². The zero-order valence-corrected chi connectivity index (χ0v) is 18.5. The largest absolute Gasteiger partial charge is 0.337 e. The molecule has 0 unspecified atom stereocenters. The Morgan fingerprint density at radius 3 is 2.47 bits per heavy atom. The van der Waals surface area contributed by atoms with E-state index in [1.54, 1.807) is 12.2 Å². The van der Waals surface area contributed by atoms with Crippen molar-refractivity contribution in [2.75, 3.05) is 38.0 Å². The number of benzene rings is 2. The number of nitrogens with one attached hydrogen (secondary N) is 1. The highest BCUT2D eigenvalue weighted by molar-refractivity contribution is 6.31. The molecule has 0 bridgehead atoms. The molecule has 1 N–H and O–H groups in total. The Morgan fingerprint density at radius 2 is 1.77 bits per heavy atom. The van der Waals surface area contributed by atoms with E-state index < -0.39 is 0 Å². The fraction of sp³-hybridized carbons (Fsp3) is 0.333. The highest BCUT2D eigenvalue weighted by Gasteiger charge is 2.21. The van der Waals surface area contributed by atoms with Crippen LogP contribution < -0.4 is 5.32 Å². The van der Waals surface area contributed by atoms with Crippen LogP contribution in [0, 0.1) is 20.8 Å². The van der Waals surface area contributed by atoms with Crippen molar-refractivity contribution in [1.82, 2.24) is 9.80 Å². The number of aryl methyl sites for hydroxylation is 2. The van der Waals surface area contributed by atoms with Gasteiger partial charge in [-0.25, -0.2) is 0 Å². The summed E-state index contributed by atoms with van der Waals surface area (Å²) in [6, 6.07) is 11.6. The Morgan fingerprint density at radius 1 is 1.03 bits per heavy atom. The molecule has 0 spiro atoms. The van der Waals surface area contributed by atoms with Gasteiger partial charge in [0.15, 0.2) is 0 Å². The predicted octanol–water partition coefficient (Wildman–Crippen LogP) is 4.06. The molecule has 5 nitrogen and oxygen atoms in total. The van der Waals surface area contributed by atoms with Gasteiger partial charge in [0.05, 0.1) is 6.54 Å². The molecule has 3 rings (SSSR count). The van der Waals surface area contributed by atoms with Crippen molar-refractivity contribution in [2.45, 2.75) is 20.8 Å². The molecule has 158 valence electrons. The highest BCUT2D eigenvalue weighted by Crippen LogP contribution is 2.19. The molecule has 1 aliphatic rings. The summed E-state index contributed by atoms with van der Waals surface area (Å²) in [7, 11) is 0. The maximum absolute atomic E-state index is 12.5. The van der Waals surface area contributed by atoms with E-state index in [1.807, 2.05) is 62.1 Å². The maximum atomic E-state index is 12.5. The predicted molar refractivity (Wildman–Crippen MR) is 123 cm³/mol. The average molecular weight is 426 g/mol. The van der Waals surface area contributed by atoms with Crippen LogP contribution in [0.4, 0.5) is 5.69 Å². The van der Waals surface area contributed by atoms with Crippen LogP contribution in [-0.2, 0) is 9.59 Å². The van der Waals surface area contributed by atoms with Crippen LogP contribution in [-0.4, -0.2) is 54.3 Å². The standard InChI is InChI=1S/C24H28ClN3O2/c1-17-5-4-6-22(19(17)3)26-23(29)16-27-11-13-28(14-12-27)24(30)10-9-20-8-7-18(2)21(25)15-20/h4-10,15H,11-14,16H2,1-3H3,(H,26,29)/b10-9+. The Labute approximate surface area is 183 Å². The number of carbonyl (C=O) groups is 2. The summed E-state index contributed by atoms with van der Waals surface area (Å²) in [6.07, 6.45) is 3.38. The van der Waals surface area contributed by atoms with Gasteiger partial charge in [-0.05, 0) is 61.2 Å². The third-order valence-corrected chi connectivity index (χ3v) is 5.95. The molecule has 2 aromatic rings. The van der Waals surface area contributed by atoms with E-state index in [9.17, 15) is 9.59 Å². The quantitative estimate of drug-likeness (QED) is 0.735. The van der Waals surface area contributed by atoms with Gasteiger partial charge >= 0.3 is 0 Å². The molecule has 6 heteroatoms. The molecule has 1 saturated heterocycles. The Hall–Kier alpha value is -2.63. The zero-order valence-electron chi connectivity index (χ0n) is 17.7. The molecule has 0 radical (unpaired) electrons. The number of piperazine rings is 1. The second-order valence-corrected chi connectivity index (χ2v) is 8.15. The van der Waals surface area contributed by atoms with E-state index in [2.05, 4.69) is 10.2 Å². The minimum atomic E-state index is -0.0281. The number of hydrogen-bond acceptors (Lipinski definition) is 3. The van der Waals surface area contributed by atoms with E-state index in [0.29, 0.717) is 37.7 Å². The van der Waals surface area contributed by atoms with Crippen LogP contribution in [0.15, 0.2) is 42.5 Å². The van der Waals surface area contributed by atoms with Gasteiger partial charge in [0.2, 0.25) is 11.8 Å². The lowest BCUT2D eigenvalue weighted by molar-refractivity contribution is -0.127. The van der Waals surface area contributed by atoms with Gasteiger partial charge in [-0.3, -0.25) is 14.5 Å². The lowest BCUT2D eigenvalue weighted by Crippen LogP contribution is -2.50. The second-order valence-electron chi connectivity index (χ2n) is 7.74. The topological polar surface area (TPSA) is 52.7 Å². The van der Waals surface area contributed by atoms with Gasteiger partial charge in [0.25, 0.3) is 0 Å². The molecule has 0 aromatic heterocycles. The molecule has 30 heavy (non-hydrogen) atoms. The Balaban J connectivity index is 1.47. The van der Waals surface area contributed by atoms with E-state index in [-0.39, 0.29) is 11.8 Å². The van der Waals surface area contributed by atoms with E-state index in [0.717, 1.165) is 27.9 Å². The first kappa shape index (κ1) is 22.1. The van der Waals surface area contributed by atoms with Crippen molar-refractivity contribution in [3.8, 4) is 0 Å². The summed E-state index contributed by atoms with van der Waals surface area (Å²) in [5.41, 5.74) is 5.01. The Kier molecular flexibility index (Phi) is 7.29. The zero-order chi connectivity index (χ0) is 21.7. The molecule has 0 saturated carbocycles. The van der Waals surface area contributed by atoms with Gasteiger partial charge in [-0.15, -0.1) is 0 Å². The van der Waals surface area contributed by atoms with E-state index in [1.165, 1.54) is 0 Å². The van der Waals surface area contributed by atoms with Gasteiger partial charge in [0.1, 0.15) is 0 Å². The number of rotatable bonds is 5. The normalized spacial score (nSPS) is 14.9. The summed E-state index contributed by atoms with van der Waals surface area (Å²) in [5.74, 6) is -0.0502. The van der Waals surface area contributed by atoms with Crippen molar-refractivity contribution in [1.29, 1.82) is 0 Å². The third kappa shape index (κ3) is 5.71. The molecule has 1 fully saturated rings. The van der Waals surface area contributed by atoms with Gasteiger partial charge in [-0.1, -0.05) is 35.9 Å². The summed E-state index contributed by atoms with van der Waals surface area (Å²) in [6.45, 7) is 8.88. The summed E-state index contributed by atoms with van der Waals surface area (Å²) < 4.78 is 0.